The van der Waals surface area contributed by atoms with E-state index in [1.54, 1.807) is 0 Å². The zero-order chi connectivity index (χ0) is 45.9. The normalized spacial score (nSPS) is 12.0. The van der Waals surface area contributed by atoms with E-state index in [0.717, 1.165) is 66.0 Å². The molecule has 0 amide bonds. The van der Waals surface area contributed by atoms with Crippen molar-refractivity contribution in [3.63, 3.8) is 0 Å². The highest BCUT2D eigenvalue weighted by atomic mass is 14.7. The van der Waals surface area contributed by atoms with Gasteiger partial charge in [0, 0.05) is 32.7 Å². The van der Waals surface area contributed by atoms with Gasteiger partial charge in [0.15, 0.2) is 0 Å². The van der Waals surface area contributed by atoms with E-state index in [1.165, 1.54) is 86.7 Å². The van der Waals surface area contributed by atoms with Gasteiger partial charge in [0.2, 0.25) is 0 Å². The molecular formula is C68H40N2. The Morgan fingerprint density at radius 2 is 0.557 bits per heavy atom. The van der Waals surface area contributed by atoms with Crippen LogP contribution in [0.3, 0.4) is 0 Å². The highest BCUT2D eigenvalue weighted by Gasteiger charge is 2.19. The van der Waals surface area contributed by atoms with Crippen molar-refractivity contribution in [2.75, 3.05) is 0 Å². The predicted octanol–water partition coefficient (Wildman–Crippen LogP) is 18.7. The highest BCUT2D eigenvalue weighted by Crippen LogP contribution is 2.45. The molecule has 0 bridgehead atoms. The molecule has 13 aromatic carbocycles. The van der Waals surface area contributed by atoms with Gasteiger partial charge in [-0.2, -0.15) is 0 Å². The summed E-state index contributed by atoms with van der Waals surface area (Å²) in [4.78, 5) is 10.7. The highest BCUT2D eigenvalue weighted by molar-refractivity contribution is 6.28. The van der Waals surface area contributed by atoms with Crippen molar-refractivity contribution in [1.29, 1.82) is 0 Å². The summed E-state index contributed by atoms with van der Waals surface area (Å²) < 4.78 is 0. The fourth-order valence-corrected chi connectivity index (χ4v) is 11.8. The molecule has 0 unspecified atom stereocenters. The van der Waals surface area contributed by atoms with Crippen LogP contribution in [-0.4, -0.2) is 9.97 Å². The third kappa shape index (κ3) is 5.81. The average Bonchev–Trinajstić information content (AvgIpc) is 3.44. The Hall–Kier alpha value is -9.24. The van der Waals surface area contributed by atoms with Crippen molar-refractivity contribution in [1.82, 2.24) is 9.97 Å². The fourth-order valence-electron chi connectivity index (χ4n) is 11.8. The van der Waals surface area contributed by atoms with Crippen LogP contribution < -0.4 is 0 Å². The summed E-state index contributed by atoms with van der Waals surface area (Å²) in [6, 6.07) is 89.1. The quantitative estimate of drug-likeness (QED) is 0.130. The molecule has 15 aromatic rings. The standard InChI is InChI=1S/C68H40N2/c1-3-19-49-45(15-1)47-17-5-7-21-51(47)61-37-43(33-35-54(49)61)60-40-66(44-34-36-55-50-20-4-2-16-46(50)48-18-6-8-22-52(48)62(55)38-44)70-68-56-24-10-9-23-53(56)59(39-63(60)68)41-29-31-42(32-30-41)67-57-25-11-13-27-64(57)69-65-28-14-12-26-58(65)67/h1-40H. The minimum Gasteiger partial charge on any atom is -0.248 e. The van der Waals surface area contributed by atoms with Gasteiger partial charge in [-0.1, -0.05) is 206 Å². The molecule has 70 heavy (non-hydrogen) atoms. The Morgan fingerprint density at radius 3 is 1.07 bits per heavy atom. The number of pyridine rings is 2. The Balaban J connectivity index is 0.994. The van der Waals surface area contributed by atoms with E-state index in [-0.39, 0.29) is 0 Å². The molecule has 0 spiro atoms. The first kappa shape index (κ1) is 38.8. The number of para-hydroxylation sites is 2. The second kappa shape index (κ2) is 15.1. The number of aromatic nitrogens is 2. The van der Waals surface area contributed by atoms with E-state index in [4.69, 9.17) is 9.97 Å². The molecule has 2 aromatic heterocycles. The maximum Gasteiger partial charge on any atom is 0.0794 e. The number of benzene rings is 13. The van der Waals surface area contributed by atoms with Crippen molar-refractivity contribution in [3.8, 4) is 44.6 Å². The zero-order valence-electron chi connectivity index (χ0n) is 38.0. The lowest BCUT2D eigenvalue weighted by atomic mass is 9.88. The maximum absolute atomic E-state index is 5.70. The monoisotopic (exact) mass is 884 g/mol. The summed E-state index contributed by atoms with van der Waals surface area (Å²) in [5.41, 5.74) is 12.1. The van der Waals surface area contributed by atoms with E-state index in [2.05, 4.69) is 243 Å². The van der Waals surface area contributed by atoms with Gasteiger partial charge in [0.1, 0.15) is 0 Å². The third-order valence-electron chi connectivity index (χ3n) is 15.0. The summed E-state index contributed by atoms with van der Waals surface area (Å²) in [5.74, 6) is 0. The minimum atomic E-state index is 0.948. The van der Waals surface area contributed by atoms with Gasteiger partial charge in [0.05, 0.1) is 22.2 Å². The molecule has 0 aliphatic carbocycles. The second-order valence-corrected chi connectivity index (χ2v) is 18.7. The first-order valence-electron chi connectivity index (χ1n) is 24.1. The third-order valence-corrected chi connectivity index (χ3v) is 15.0. The maximum atomic E-state index is 5.70. The number of rotatable bonds is 4. The van der Waals surface area contributed by atoms with Gasteiger partial charge < -0.3 is 0 Å². The van der Waals surface area contributed by atoms with Crippen LogP contribution in [-0.2, 0) is 0 Å². The summed E-state index contributed by atoms with van der Waals surface area (Å²) in [6.07, 6.45) is 0. The van der Waals surface area contributed by atoms with E-state index >= 15 is 0 Å². The summed E-state index contributed by atoms with van der Waals surface area (Å²) in [6.45, 7) is 0. The molecule has 2 nitrogen and oxygen atoms in total. The van der Waals surface area contributed by atoms with E-state index in [0.29, 0.717) is 0 Å². The molecule has 15 rings (SSSR count). The number of hydrogen-bond acceptors (Lipinski definition) is 2. The van der Waals surface area contributed by atoms with Crippen LogP contribution in [0.4, 0.5) is 0 Å². The van der Waals surface area contributed by atoms with Crippen molar-refractivity contribution in [2.24, 2.45) is 0 Å². The first-order valence-corrected chi connectivity index (χ1v) is 24.1. The average molecular weight is 885 g/mol. The Kier molecular flexibility index (Phi) is 8.39. The van der Waals surface area contributed by atoms with E-state index < -0.39 is 0 Å². The Bertz CT molecular complexity index is 4580. The first-order chi connectivity index (χ1) is 34.7. The summed E-state index contributed by atoms with van der Waals surface area (Å²) in [7, 11) is 0. The molecule has 0 saturated carbocycles. The molecule has 2 heteroatoms. The van der Waals surface area contributed by atoms with Crippen LogP contribution in [0.15, 0.2) is 243 Å². The summed E-state index contributed by atoms with van der Waals surface area (Å²) in [5, 5.41) is 20.8. The second-order valence-electron chi connectivity index (χ2n) is 18.7. The fraction of sp³-hybridized carbons (Fsp3) is 0. The van der Waals surface area contributed by atoms with Crippen LogP contribution >= 0.6 is 0 Å². The van der Waals surface area contributed by atoms with Gasteiger partial charge in [-0.15, -0.1) is 0 Å². The molecule has 0 N–H and O–H groups in total. The van der Waals surface area contributed by atoms with Crippen LogP contribution in [0.2, 0.25) is 0 Å². The largest absolute Gasteiger partial charge is 0.248 e. The lowest BCUT2D eigenvalue weighted by molar-refractivity contribution is 1.41. The molecule has 0 saturated heterocycles. The van der Waals surface area contributed by atoms with Gasteiger partial charge in [-0.05, 0) is 134 Å². The number of fused-ring (bicyclic) bond motifs is 17. The minimum absolute atomic E-state index is 0.948. The Morgan fingerprint density at radius 1 is 0.200 bits per heavy atom. The zero-order valence-corrected chi connectivity index (χ0v) is 38.0. The van der Waals surface area contributed by atoms with Crippen LogP contribution in [0.1, 0.15) is 0 Å². The van der Waals surface area contributed by atoms with Crippen molar-refractivity contribution in [3.05, 3.63) is 243 Å². The number of hydrogen-bond donors (Lipinski definition) is 0. The van der Waals surface area contributed by atoms with Crippen LogP contribution in [0.25, 0.3) is 153 Å². The van der Waals surface area contributed by atoms with Gasteiger partial charge in [-0.3, -0.25) is 0 Å². The predicted molar refractivity (Wildman–Crippen MR) is 299 cm³/mol. The molecule has 322 valence electrons. The van der Waals surface area contributed by atoms with Gasteiger partial charge in [0.25, 0.3) is 0 Å². The topological polar surface area (TPSA) is 25.8 Å². The van der Waals surface area contributed by atoms with Crippen LogP contribution in [0.5, 0.6) is 0 Å². The Labute approximate surface area is 403 Å². The van der Waals surface area contributed by atoms with Gasteiger partial charge >= 0.3 is 0 Å². The molecule has 0 radical (unpaired) electrons. The smallest absolute Gasteiger partial charge is 0.0794 e. The van der Waals surface area contributed by atoms with E-state index in [1.807, 2.05) is 0 Å². The molecule has 0 aliphatic rings. The lowest BCUT2D eigenvalue weighted by Gasteiger charge is -2.18. The van der Waals surface area contributed by atoms with Crippen molar-refractivity contribution >= 4 is 108 Å². The number of nitrogens with zero attached hydrogens (tertiary/aromatic N) is 2. The van der Waals surface area contributed by atoms with Crippen molar-refractivity contribution < 1.29 is 0 Å². The lowest BCUT2D eigenvalue weighted by Crippen LogP contribution is -1.94. The SMILES string of the molecule is c1ccc2c(-c3ccc(-c4cc5c(-c6ccc7c8ccccc8c8ccccc8c7c6)cc(-c6ccc7c8ccccc8c8ccccc8c7c6)nc5c5ccccc45)cc3)c3ccccc3nc2c1. The molecule has 0 aliphatic heterocycles. The molecule has 0 fully saturated rings. The summed E-state index contributed by atoms with van der Waals surface area (Å²) >= 11 is 0. The van der Waals surface area contributed by atoms with E-state index in [9.17, 15) is 0 Å². The van der Waals surface area contributed by atoms with Gasteiger partial charge in [-0.25, -0.2) is 9.97 Å². The van der Waals surface area contributed by atoms with Crippen LogP contribution in [0, 0.1) is 0 Å². The molecule has 2 heterocycles. The molecule has 0 atom stereocenters. The van der Waals surface area contributed by atoms with Crippen molar-refractivity contribution in [2.45, 2.75) is 0 Å². The molecular weight excluding hydrogens is 845 g/mol.